The van der Waals surface area contributed by atoms with Gasteiger partial charge in [-0.15, -0.1) is 5.10 Å². The highest BCUT2D eigenvalue weighted by Gasteiger charge is 2.14. The molecule has 0 saturated carbocycles. The summed E-state index contributed by atoms with van der Waals surface area (Å²) in [5.41, 5.74) is 1.69. The van der Waals surface area contributed by atoms with Crippen LogP contribution < -0.4 is 5.32 Å². The first-order valence-corrected chi connectivity index (χ1v) is 7.27. The number of amides is 2. The summed E-state index contributed by atoms with van der Waals surface area (Å²) in [6.45, 7) is 3.77. The van der Waals surface area contributed by atoms with Crippen LogP contribution in [0.15, 0.2) is 30.3 Å². The lowest BCUT2D eigenvalue weighted by molar-refractivity contribution is 0.149. The van der Waals surface area contributed by atoms with E-state index in [-0.39, 0.29) is 12.6 Å². The number of aryl methyl sites for hydroxylation is 1. The maximum atomic E-state index is 12.0. The van der Waals surface area contributed by atoms with E-state index in [1.807, 2.05) is 19.1 Å². The molecule has 0 saturated heterocycles. The maximum Gasteiger partial charge on any atom is 0.322 e. The Bertz CT molecular complexity index is 669. The number of nitrogens with one attached hydrogen (secondary N) is 1. The predicted octanol–water partition coefficient (Wildman–Crippen LogP) is 2.68. The summed E-state index contributed by atoms with van der Waals surface area (Å²) in [6, 6.07) is 8.76. The zero-order valence-electron chi connectivity index (χ0n) is 12.7. The number of aromatic nitrogens is 2. The van der Waals surface area contributed by atoms with Gasteiger partial charge in [-0.1, -0.05) is 17.7 Å². The van der Waals surface area contributed by atoms with Crippen LogP contribution in [0.4, 0.5) is 10.6 Å². The Morgan fingerprint density at radius 1 is 1.50 bits per heavy atom. The zero-order chi connectivity index (χ0) is 16.3. The molecule has 0 radical (unpaired) electrons. The summed E-state index contributed by atoms with van der Waals surface area (Å²) in [4.78, 5) is 13.4. The number of benzene rings is 1. The third-order valence-corrected chi connectivity index (χ3v) is 3.30. The van der Waals surface area contributed by atoms with E-state index in [4.69, 9.17) is 11.6 Å². The van der Waals surface area contributed by atoms with Crippen molar-refractivity contribution in [3.8, 4) is 5.69 Å². The molecule has 2 aromatic rings. The molecule has 22 heavy (non-hydrogen) atoms. The van der Waals surface area contributed by atoms with Crippen LogP contribution >= 0.6 is 11.6 Å². The summed E-state index contributed by atoms with van der Waals surface area (Å²) in [5, 5.41) is 17.0. The fraction of sp³-hybridized carbons (Fsp3) is 0.333. The van der Waals surface area contributed by atoms with E-state index in [0.717, 1.165) is 11.4 Å². The summed E-state index contributed by atoms with van der Waals surface area (Å²) in [7, 11) is 1.61. The van der Waals surface area contributed by atoms with Crippen LogP contribution in [0.2, 0.25) is 5.02 Å². The van der Waals surface area contributed by atoms with Gasteiger partial charge in [0.2, 0.25) is 0 Å². The van der Waals surface area contributed by atoms with Crippen molar-refractivity contribution in [3.05, 3.63) is 41.0 Å². The van der Waals surface area contributed by atoms with Crippen molar-refractivity contribution < 1.29 is 9.90 Å². The molecule has 2 rings (SSSR count). The normalized spacial score (nSPS) is 12.0. The summed E-state index contributed by atoms with van der Waals surface area (Å²) >= 11 is 5.99. The summed E-state index contributed by atoms with van der Waals surface area (Å²) in [5.74, 6) is 0.444. The van der Waals surface area contributed by atoms with Crippen molar-refractivity contribution in [1.82, 2.24) is 14.7 Å². The molecule has 1 aromatic carbocycles. The van der Waals surface area contributed by atoms with E-state index in [0.29, 0.717) is 10.8 Å². The minimum Gasteiger partial charge on any atom is -0.392 e. The number of likely N-dealkylation sites (N-methyl/N-ethyl adjacent to an activating group) is 1. The number of anilines is 1. The third-order valence-electron chi connectivity index (χ3n) is 3.06. The molecule has 0 aliphatic rings. The van der Waals surface area contributed by atoms with Crippen LogP contribution in [-0.2, 0) is 0 Å². The second-order valence-electron chi connectivity index (χ2n) is 5.22. The number of carbonyl (C=O) groups excluding carboxylic acids is 1. The molecule has 0 aliphatic heterocycles. The van der Waals surface area contributed by atoms with Gasteiger partial charge in [0.05, 0.1) is 11.8 Å². The lowest BCUT2D eigenvalue weighted by atomic mass is 10.3. The van der Waals surface area contributed by atoms with Gasteiger partial charge in [-0.05, 0) is 32.0 Å². The van der Waals surface area contributed by atoms with Gasteiger partial charge in [-0.2, -0.15) is 0 Å². The van der Waals surface area contributed by atoms with Gasteiger partial charge in [0.15, 0.2) is 5.82 Å². The fourth-order valence-corrected chi connectivity index (χ4v) is 2.27. The number of aliphatic hydroxyl groups excluding tert-OH is 1. The Morgan fingerprint density at radius 2 is 2.23 bits per heavy atom. The van der Waals surface area contributed by atoms with Crippen molar-refractivity contribution in [1.29, 1.82) is 0 Å². The molecule has 0 fully saturated rings. The first-order valence-electron chi connectivity index (χ1n) is 6.89. The molecule has 1 atom stereocenters. The van der Waals surface area contributed by atoms with E-state index in [2.05, 4.69) is 10.4 Å². The molecule has 118 valence electrons. The molecule has 1 aromatic heterocycles. The first kappa shape index (κ1) is 16.3. The van der Waals surface area contributed by atoms with Crippen LogP contribution in [0.3, 0.4) is 0 Å². The van der Waals surface area contributed by atoms with Crippen LogP contribution in [0.1, 0.15) is 12.6 Å². The average Bonchev–Trinajstić information content (AvgIpc) is 2.78. The first-order chi connectivity index (χ1) is 10.4. The monoisotopic (exact) mass is 322 g/mol. The van der Waals surface area contributed by atoms with Gasteiger partial charge >= 0.3 is 6.03 Å². The number of hydrogen-bond donors (Lipinski definition) is 2. The van der Waals surface area contributed by atoms with Crippen LogP contribution in [0.25, 0.3) is 5.69 Å². The minimum absolute atomic E-state index is 0.250. The Balaban J connectivity index is 2.15. The number of hydrogen-bond acceptors (Lipinski definition) is 3. The molecular weight excluding hydrogens is 304 g/mol. The maximum absolute atomic E-state index is 12.0. The quantitative estimate of drug-likeness (QED) is 0.909. The van der Waals surface area contributed by atoms with Gasteiger partial charge in [0.1, 0.15) is 0 Å². The van der Waals surface area contributed by atoms with Gasteiger partial charge < -0.3 is 10.0 Å². The zero-order valence-corrected chi connectivity index (χ0v) is 13.5. The van der Waals surface area contributed by atoms with Crippen molar-refractivity contribution in [2.45, 2.75) is 20.0 Å². The number of urea groups is 1. The number of nitrogens with zero attached hydrogens (tertiary/aromatic N) is 3. The van der Waals surface area contributed by atoms with Crippen LogP contribution in [-0.4, -0.2) is 45.5 Å². The SMILES string of the molecule is Cc1cc(NC(=O)N(C)C[C@H](C)O)nn1-c1cccc(Cl)c1. The largest absolute Gasteiger partial charge is 0.392 e. The lowest BCUT2D eigenvalue weighted by Gasteiger charge is -2.18. The van der Waals surface area contributed by atoms with Gasteiger partial charge in [-0.25, -0.2) is 9.48 Å². The standard InChI is InChI=1S/C15H19ClN4O2/c1-10-7-14(17-15(22)19(3)9-11(2)21)18-20(10)13-6-4-5-12(16)8-13/h4-8,11,21H,9H2,1-3H3,(H,17,18,22)/t11-/m0/s1. The third kappa shape index (κ3) is 3.99. The topological polar surface area (TPSA) is 70.4 Å². The van der Waals surface area contributed by atoms with Gasteiger partial charge in [-0.3, -0.25) is 5.32 Å². The molecule has 0 unspecified atom stereocenters. The number of aliphatic hydroxyl groups is 1. The molecular formula is C15H19ClN4O2. The van der Waals surface area contributed by atoms with E-state index in [1.54, 1.807) is 36.9 Å². The lowest BCUT2D eigenvalue weighted by Crippen LogP contribution is -2.36. The Hall–Kier alpha value is -2.05. The molecule has 7 heteroatoms. The molecule has 2 amide bonds. The number of halogens is 1. The van der Waals surface area contributed by atoms with Crippen molar-refractivity contribution in [2.75, 3.05) is 18.9 Å². The minimum atomic E-state index is -0.582. The van der Waals surface area contributed by atoms with Gasteiger partial charge in [0.25, 0.3) is 0 Å². The summed E-state index contributed by atoms with van der Waals surface area (Å²) < 4.78 is 1.70. The molecule has 1 heterocycles. The van der Waals surface area contributed by atoms with Crippen molar-refractivity contribution in [2.24, 2.45) is 0 Å². The Labute approximate surface area is 134 Å². The molecule has 0 aliphatic carbocycles. The Kier molecular flexibility index (Phi) is 5.05. The van der Waals surface area contributed by atoms with Gasteiger partial charge in [0, 0.05) is 30.4 Å². The highest BCUT2D eigenvalue weighted by molar-refractivity contribution is 6.30. The molecule has 6 nitrogen and oxygen atoms in total. The van der Waals surface area contributed by atoms with Crippen molar-refractivity contribution in [3.63, 3.8) is 0 Å². The smallest absolute Gasteiger partial charge is 0.322 e. The fourth-order valence-electron chi connectivity index (χ4n) is 2.09. The second-order valence-corrected chi connectivity index (χ2v) is 5.66. The van der Waals surface area contributed by atoms with Crippen molar-refractivity contribution >= 4 is 23.4 Å². The predicted molar refractivity (Wildman–Crippen MR) is 86.6 cm³/mol. The number of carbonyl (C=O) groups is 1. The highest BCUT2D eigenvalue weighted by atomic mass is 35.5. The summed E-state index contributed by atoms with van der Waals surface area (Å²) in [6.07, 6.45) is -0.582. The van der Waals surface area contributed by atoms with Crippen LogP contribution in [0.5, 0.6) is 0 Å². The van der Waals surface area contributed by atoms with E-state index < -0.39 is 6.10 Å². The van der Waals surface area contributed by atoms with E-state index in [9.17, 15) is 9.90 Å². The molecule has 0 bridgehead atoms. The molecule has 0 spiro atoms. The van der Waals surface area contributed by atoms with Crippen LogP contribution in [0, 0.1) is 6.92 Å². The van der Waals surface area contributed by atoms with E-state index >= 15 is 0 Å². The Morgan fingerprint density at radius 3 is 2.86 bits per heavy atom. The second kappa shape index (κ2) is 6.81. The van der Waals surface area contributed by atoms with E-state index in [1.165, 1.54) is 4.90 Å². The number of rotatable bonds is 4. The highest BCUT2D eigenvalue weighted by Crippen LogP contribution is 2.18. The average molecular weight is 323 g/mol. The molecule has 2 N–H and O–H groups in total.